The van der Waals surface area contributed by atoms with Gasteiger partial charge in [-0.15, -0.1) is 0 Å². The van der Waals surface area contributed by atoms with Crippen LogP contribution in [0.3, 0.4) is 0 Å². The van der Waals surface area contributed by atoms with Gasteiger partial charge in [0.1, 0.15) is 0 Å². The number of imide groups is 1. The molecule has 1 fully saturated rings. The van der Waals surface area contributed by atoms with Crippen molar-refractivity contribution in [3.05, 3.63) is 33.8 Å². The van der Waals surface area contributed by atoms with Gasteiger partial charge in [0.15, 0.2) is 0 Å². The second-order valence-corrected chi connectivity index (χ2v) is 8.07. The van der Waals surface area contributed by atoms with E-state index in [9.17, 15) is 19.2 Å². The summed E-state index contributed by atoms with van der Waals surface area (Å²) < 4.78 is 0.749. The first-order valence-corrected chi connectivity index (χ1v) is 10.4. The molecule has 1 aromatic carbocycles. The van der Waals surface area contributed by atoms with Crippen molar-refractivity contribution >= 4 is 39.6 Å². The molecule has 2 aliphatic heterocycles. The molecule has 0 saturated carbocycles. The number of rotatable bonds is 6. The van der Waals surface area contributed by atoms with E-state index in [1.807, 2.05) is 0 Å². The molecular formula is C20H24BrN3O4. The van der Waals surface area contributed by atoms with Crippen molar-refractivity contribution in [2.45, 2.75) is 45.1 Å². The maximum absolute atomic E-state index is 12.5. The Bertz CT molecular complexity index is 811. The molecule has 8 heteroatoms. The predicted molar refractivity (Wildman–Crippen MR) is 107 cm³/mol. The first-order chi connectivity index (χ1) is 13.4. The zero-order valence-electron chi connectivity index (χ0n) is 15.9. The lowest BCUT2D eigenvalue weighted by molar-refractivity contribution is -0.133. The van der Waals surface area contributed by atoms with E-state index < -0.39 is 0 Å². The minimum Gasteiger partial charge on any atom is -0.352 e. The lowest BCUT2D eigenvalue weighted by Gasteiger charge is -2.33. The number of amides is 4. The molecule has 2 aliphatic rings. The van der Waals surface area contributed by atoms with Gasteiger partial charge in [0, 0.05) is 43.0 Å². The van der Waals surface area contributed by atoms with Crippen molar-refractivity contribution in [1.29, 1.82) is 0 Å². The van der Waals surface area contributed by atoms with Gasteiger partial charge in [-0.1, -0.05) is 22.9 Å². The summed E-state index contributed by atoms with van der Waals surface area (Å²) in [5.74, 6) is -0.624. The van der Waals surface area contributed by atoms with E-state index in [-0.39, 0.29) is 42.6 Å². The molecular weight excluding hydrogens is 426 g/mol. The van der Waals surface area contributed by atoms with Crippen LogP contribution in [0.5, 0.6) is 0 Å². The van der Waals surface area contributed by atoms with Crippen molar-refractivity contribution in [2.24, 2.45) is 0 Å². The summed E-state index contributed by atoms with van der Waals surface area (Å²) in [6, 6.07) is 5.03. The smallest absolute Gasteiger partial charge is 0.261 e. The molecule has 4 amide bonds. The summed E-state index contributed by atoms with van der Waals surface area (Å²) in [6.07, 6.45) is 2.86. The Morgan fingerprint density at radius 1 is 1.21 bits per heavy atom. The highest BCUT2D eigenvalue weighted by Gasteiger charge is 2.35. The Kier molecular flexibility index (Phi) is 6.49. The minimum atomic E-state index is -0.311. The molecule has 1 aromatic rings. The Morgan fingerprint density at radius 3 is 2.71 bits per heavy atom. The Hall–Kier alpha value is -2.22. The van der Waals surface area contributed by atoms with Gasteiger partial charge in [-0.3, -0.25) is 24.1 Å². The lowest BCUT2D eigenvalue weighted by Crippen LogP contribution is -2.49. The molecule has 3 rings (SSSR count). The summed E-state index contributed by atoms with van der Waals surface area (Å²) in [5.41, 5.74) is 0.807. The fourth-order valence-corrected chi connectivity index (χ4v) is 4.02. The third-order valence-corrected chi connectivity index (χ3v) is 5.66. The largest absolute Gasteiger partial charge is 0.352 e. The molecule has 1 N–H and O–H groups in total. The quantitative estimate of drug-likeness (QED) is 0.675. The number of halogens is 1. The molecule has 28 heavy (non-hydrogen) atoms. The van der Waals surface area contributed by atoms with E-state index >= 15 is 0 Å². The normalized spacial score (nSPS) is 19.0. The summed E-state index contributed by atoms with van der Waals surface area (Å²) >= 11 is 3.31. The number of nitrogens with zero attached hydrogens (tertiary/aromatic N) is 2. The van der Waals surface area contributed by atoms with Gasteiger partial charge in [0.2, 0.25) is 11.8 Å². The molecule has 1 atom stereocenters. The summed E-state index contributed by atoms with van der Waals surface area (Å²) in [6.45, 7) is 3.22. The topological polar surface area (TPSA) is 86.8 Å². The minimum absolute atomic E-state index is 0.000154. The van der Waals surface area contributed by atoms with Gasteiger partial charge in [0.25, 0.3) is 11.8 Å². The van der Waals surface area contributed by atoms with Crippen LogP contribution in [0.4, 0.5) is 0 Å². The van der Waals surface area contributed by atoms with Crippen LogP contribution in [0.15, 0.2) is 22.7 Å². The summed E-state index contributed by atoms with van der Waals surface area (Å²) in [4.78, 5) is 51.9. The average molecular weight is 450 g/mol. The fraction of sp³-hybridized carbons (Fsp3) is 0.500. The van der Waals surface area contributed by atoms with Gasteiger partial charge < -0.3 is 10.2 Å². The van der Waals surface area contributed by atoms with Crippen LogP contribution in [0, 0.1) is 0 Å². The average Bonchev–Trinajstić information content (AvgIpc) is 2.92. The first-order valence-electron chi connectivity index (χ1n) is 9.63. The van der Waals surface area contributed by atoms with Crippen molar-refractivity contribution in [2.75, 3.05) is 19.6 Å². The molecule has 2 heterocycles. The van der Waals surface area contributed by atoms with E-state index in [0.717, 1.165) is 17.3 Å². The number of piperidine rings is 1. The van der Waals surface area contributed by atoms with Gasteiger partial charge in [-0.2, -0.15) is 0 Å². The van der Waals surface area contributed by atoms with E-state index in [2.05, 4.69) is 21.2 Å². The second kappa shape index (κ2) is 8.86. The molecule has 7 nitrogen and oxygen atoms in total. The molecule has 0 radical (unpaired) electrons. The number of likely N-dealkylation sites (tertiary alicyclic amines) is 1. The number of hydrogen-bond donors (Lipinski definition) is 1. The second-order valence-electron chi connectivity index (χ2n) is 7.16. The van der Waals surface area contributed by atoms with Gasteiger partial charge in [0.05, 0.1) is 11.1 Å². The van der Waals surface area contributed by atoms with Crippen LogP contribution >= 0.6 is 15.9 Å². The molecule has 1 saturated heterocycles. The van der Waals surface area contributed by atoms with Crippen LogP contribution in [0.2, 0.25) is 0 Å². The number of fused-ring (bicyclic) bond motifs is 1. The fourth-order valence-electron chi connectivity index (χ4n) is 3.66. The highest BCUT2D eigenvalue weighted by Crippen LogP contribution is 2.26. The first kappa shape index (κ1) is 20.5. The van der Waals surface area contributed by atoms with Crippen LogP contribution in [-0.4, -0.2) is 59.1 Å². The van der Waals surface area contributed by atoms with Crippen molar-refractivity contribution in [3.8, 4) is 0 Å². The molecule has 0 bridgehead atoms. The van der Waals surface area contributed by atoms with E-state index in [4.69, 9.17) is 0 Å². The maximum Gasteiger partial charge on any atom is 0.261 e. The van der Waals surface area contributed by atoms with Gasteiger partial charge in [-0.05, 0) is 37.5 Å². The van der Waals surface area contributed by atoms with Crippen molar-refractivity contribution < 1.29 is 19.2 Å². The number of carbonyl (C=O) groups excluding carboxylic acids is 4. The molecule has 0 spiro atoms. The monoisotopic (exact) mass is 449 g/mol. The standard InChI is InChI=1S/C20H24BrN3O4/c1-2-17(25)22-14-5-3-9-23(12-14)18(26)6-4-10-24-19(27)15-8-7-13(21)11-16(15)20(24)28/h7-8,11,14H,2-6,9-10,12H2,1H3,(H,22,25). The maximum atomic E-state index is 12.5. The zero-order valence-corrected chi connectivity index (χ0v) is 17.5. The highest BCUT2D eigenvalue weighted by molar-refractivity contribution is 9.10. The van der Waals surface area contributed by atoms with Crippen LogP contribution < -0.4 is 5.32 Å². The zero-order chi connectivity index (χ0) is 20.3. The lowest BCUT2D eigenvalue weighted by atomic mass is 10.0. The predicted octanol–water partition coefficient (Wildman–Crippen LogP) is 2.34. The number of nitrogens with one attached hydrogen (secondary N) is 1. The molecule has 150 valence electrons. The van der Waals surface area contributed by atoms with E-state index in [1.54, 1.807) is 30.0 Å². The number of carbonyl (C=O) groups is 4. The highest BCUT2D eigenvalue weighted by atomic mass is 79.9. The third-order valence-electron chi connectivity index (χ3n) is 5.17. The van der Waals surface area contributed by atoms with Crippen LogP contribution in [0.1, 0.15) is 59.7 Å². The van der Waals surface area contributed by atoms with Gasteiger partial charge in [-0.25, -0.2) is 0 Å². The molecule has 0 aliphatic carbocycles. The molecule has 1 unspecified atom stereocenters. The van der Waals surface area contributed by atoms with Crippen molar-refractivity contribution in [1.82, 2.24) is 15.1 Å². The molecule has 0 aromatic heterocycles. The van der Waals surface area contributed by atoms with E-state index in [1.165, 1.54) is 4.90 Å². The Morgan fingerprint density at radius 2 is 1.96 bits per heavy atom. The van der Waals surface area contributed by atoms with Crippen molar-refractivity contribution in [3.63, 3.8) is 0 Å². The SMILES string of the molecule is CCC(=O)NC1CCCN(C(=O)CCCN2C(=O)c3ccc(Br)cc3C2=O)C1. The summed E-state index contributed by atoms with van der Waals surface area (Å²) in [7, 11) is 0. The number of hydrogen-bond acceptors (Lipinski definition) is 4. The van der Waals surface area contributed by atoms with Crippen LogP contribution in [-0.2, 0) is 9.59 Å². The van der Waals surface area contributed by atoms with E-state index in [0.29, 0.717) is 37.1 Å². The third kappa shape index (κ3) is 4.43. The Labute approximate surface area is 172 Å². The van der Waals surface area contributed by atoms with Crippen LogP contribution in [0.25, 0.3) is 0 Å². The van der Waals surface area contributed by atoms with Gasteiger partial charge >= 0.3 is 0 Å². The number of benzene rings is 1. The summed E-state index contributed by atoms with van der Waals surface area (Å²) in [5, 5.41) is 2.95. The Balaban J connectivity index is 1.50.